The fraction of sp³-hybridized carbons (Fsp3) is 0.135. The van der Waals surface area contributed by atoms with Crippen molar-refractivity contribution in [3.8, 4) is 12.1 Å². The number of hydrogen-bond donors (Lipinski definition) is 6. The number of carbonyl (C=O) groups excluding carboxylic acids is 2. The van der Waals surface area contributed by atoms with Gasteiger partial charge in [0.2, 0.25) is 11.8 Å². The van der Waals surface area contributed by atoms with Gasteiger partial charge in [-0.05, 0) is 59.7 Å². The number of nitriles is 2. The van der Waals surface area contributed by atoms with Gasteiger partial charge in [0.25, 0.3) is 0 Å². The van der Waals surface area contributed by atoms with Crippen LogP contribution in [0, 0.1) is 22.7 Å². The van der Waals surface area contributed by atoms with Crippen LogP contribution in [0.5, 0.6) is 0 Å². The Labute approximate surface area is 354 Å². The second-order valence-electron chi connectivity index (χ2n) is 12.0. The summed E-state index contributed by atoms with van der Waals surface area (Å²) in [7, 11) is 0. The molecule has 0 saturated heterocycles. The van der Waals surface area contributed by atoms with E-state index in [4.69, 9.17) is 57.9 Å². The molecule has 57 heavy (non-hydrogen) atoms. The molecule has 0 bridgehead atoms. The fourth-order valence-electron chi connectivity index (χ4n) is 5.43. The van der Waals surface area contributed by atoms with Crippen LogP contribution in [0.2, 0.25) is 20.1 Å². The number of thioether (sulfide) groups is 2. The molecule has 2 aliphatic rings. The molecule has 2 amide bonds. The lowest BCUT2D eigenvalue weighted by molar-refractivity contribution is -0.114. The summed E-state index contributed by atoms with van der Waals surface area (Å²) in [5, 5.41) is 33.6. The molecule has 0 fully saturated rings. The van der Waals surface area contributed by atoms with Crippen molar-refractivity contribution in [3.63, 3.8) is 0 Å². The molecular formula is C37H28Cl4N12O2S2. The first kappa shape index (κ1) is 41.2. The second kappa shape index (κ2) is 18.7. The standard InChI is InChI=1S/C37H28Cl4N12O2S2/c38-22-3-7-26(28(40)12-22)32-48-34(44)52-36(50-32)56-16-30(54)46-24-5-1-18(20(10-24)14-42)9-19-2-6-25(11-21(19)15-43)47-31(55)17-57-37-51-33(49-35(45)53-37)27-8-4-23(39)13-29(27)41/h1-8,10-13,32-33H,9,16-17H2,(H,46,54)(H,47,55)(H3,44,48,50,52)(H3,45,49,51,53)/t32-,33-/m1/s1. The number of guanidine groups is 2. The molecule has 2 heterocycles. The SMILES string of the molecule is N#Cc1cc(NC(=O)CSC2=N[C@H](c3ccc(Cl)cc3Cl)N=C(N)N2)ccc1Cc1ccc(NC(=O)CSC2=N[C@H](c3ccc(Cl)cc3Cl)N=C(N)N2)cc1C#N. The largest absolute Gasteiger partial charge is 0.370 e. The number of nitrogens with two attached hydrogens (primary N) is 2. The topological polar surface area (TPSA) is 231 Å². The first-order valence-corrected chi connectivity index (χ1v) is 20.0. The van der Waals surface area contributed by atoms with Crippen LogP contribution < -0.4 is 32.7 Å². The summed E-state index contributed by atoms with van der Waals surface area (Å²) in [5.74, 6) is -0.501. The van der Waals surface area contributed by atoms with Crippen LogP contribution in [0.3, 0.4) is 0 Å². The van der Waals surface area contributed by atoms with Crippen molar-refractivity contribution in [3.05, 3.63) is 126 Å². The average molecular weight is 879 g/mol. The Morgan fingerprint density at radius 2 is 1.07 bits per heavy atom. The van der Waals surface area contributed by atoms with Crippen LogP contribution in [-0.4, -0.2) is 45.6 Å². The molecule has 2 atom stereocenters. The first-order valence-electron chi connectivity index (χ1n) is 16.5. The number of aliphatic imine (C=N–C) groups is 4. The Morgan fingerprint density at radius 3 is 1.46 bits per heavy atom. The lowest BCUT2D eigenvalue weighted by Crippen LogP contribution is -2.39. The summed E-state index contributed by atoms with van der Waals surface area (Å²) in [6, 6.07) is 24.2. The van der Waals surface area contributed by atoms with E-state index in [9.17, 15) is 20.1 Å². The van der Waals surface area contributed by atoms with E-state index in [1.54, 1.807) is 72.8 Å². The Balaban J connectivity index is 1.03. The number of rotatable bonds is 10. The zero-order valence-electron chi connectivity index (χ0n) is 29.2. The number of carbonyl (C=O) groups is 2. The molecule has 0 spiro atoms. The highest BCUT2D eigenvalue weighted by molar-refractivity contribution is 8.14. The quantitative estimate of drug-likeness (QED) is 0.0963. The molecule has 8 N–H and O–H groups in total. The van der Waals surface area contributed by atoms with Crippen LogP contribution in [0.1, 0.15) is 45.7 Å². The van der Waals surface area contributed by atoms with Gasteiger partial charge in [0, 0.05) is 49.0 Å². The molecule has 0 aromatic heterocycles. The lowest BCUT2D eigenvalue weighted by atomic mass is 9.96. The molecular weight excluding hydrogens is 850 g/mol. The summed E-state index contributed by atoms with van der Waals surface area (Å²) in [6.07, 6.45) is -1.16. The van der Waals surface area contributed by atoms with E-state index >= 15 is 0 Å². The van der Waals surface area contributed by atoms with Crippen molar-refractivity contribution < 1.29 is 9.59 Å². The molecule has 2 aliphatic heterocycles. The van der Waals surface area contributed by atoms with Gasteiger partial charge in [-0.25, -0.2) is 20.0 Å². The maximum Gasteiger partial charge on any atom is 0.234 e. The molecule has 4 aromatic carbocycles. The molecule has 14 nitrogen and oxygen atoms in total. The van der Waals surface area contributed by atoms with Crippen LogP contribution in [0.25, 0.3) is 0 Å². The highest BCUT2D eigenvalue weighted by Gasteiger charge is 2.22. The summed E-state index contributed by atoms with van der Waals surface area (Å²) in [5.41, 5.74) is 15.9. The fourth-order valence-corrected chi connectivity index (χ4v) is 7.82. The Morgan fingerprint density at radius 1 is 0.649 bits per heavy atom. The zero-order valence-corrected chi connectivity index (χ0v) is 33.8. The first-order chi connectivity index (χ1) is 27.4. The molecule has 0 radical (unpaired) electrons. The van der Waals surface area contributed by atoms with E-state index in [-0.39, 0.29) is 41.7 Å². The normalized spacial score (nSPS) is 16.0. The van der Waals surface area contributed by atoms with Gasteiger partial charge in [-0.15, -0.1) is 0 Å². The van der Waals surface area contributed by atoms with Gasteiger partial charge in [-0.1, -0.05) is 94.2 Å². The number of amidine groups is 2. The second-order valence-corrected chi connectivity index (χ2v) is 15.7. The van der Waals surface area contributed by atoms with E-state index in [0.29, 0.717) is 75.2 Å². The summed E-state index contributed by atoms with van der Waals surface area (Å²) < 4.78 is 0. The number of nitrogens with zero attached hydrogens (tertiary/aromatic N) is 6. The smallest absolute Gasteiger partial charge is 0.234 e. The third-order valence-electron chi connectivity index (χ3n) is 8.04. The number of benzene rings is 4. The van der Waals surface area contributed by atoms with Gasteiger partial charge in [0.15, 0.2) is 34.6 Å². The maximum absolute atomic E-state index is 12.9. The van der Waals surface area contributed by atoms with Gasteiger partial charge in [0.05, 0.1) is 34.8 Å². The number of anilines is 2. The third kappa shape index (κ3) is 10.9. The minimum Gasteiger partial charge on any atom is -0.370 e. The summed E-state index contributed by atoms with van der Waals surface area (Å²) >= 11 is 26.9. The third-order valence-corrected chi connectivity index (χ3v) is 10.9. The van der Waals surface area contributed by atoms with E-state index in [1.807, 2.05) is 0 Å². The van der Waals surface area contributed by atoms with Gasteiger partial charge >= 0.3 is 0 Å². The van der Waals surface area contributed by atoms with E-state index < -0.39 is 12.3 Å². The molecule has 20 heteroatoms. The van der Waals surface area contributed by atoms with Crippen LogP contribution in [0.4, 0.5) is 11.4 Å². The Bertz CT molecular complexity index is 2310. The van der Waals surface area contributed by atoms with Gasteiger partial charge < -0.3 is 32.7 Å². The van der Waals surface area contributed by atoms with Crippen LogP contribution >= 0.6 is 69.9 Å². The van der Waals surface area contributed by atoms with Gasteiger partial charge in [0.1, 0.15) is 0 Å². The predicted octanol–water partition coefficient (Wildman–Crippen LogP) is 6.92. The highest BCUT2D eigenvalue weighted by atomic mass is 35.5. The summed E-state index contributed by atoms with van der Waals surface area (Å²) in [4.78, 5) is 43.3. The molecule has 4 aromatic rings. The summed E-state index contributed by atoms with van der Waals surface area (Å²) in [6.45, 7) is 0. The van der Waals surface area contributed by atoms with Crippen molar-refractivity contribution in [1.29, 1.82) is 10.5 Å². The van der Waals surface area contributed by atoms with E-state index in [1.165, 1.54) is 0 Å². The van der Waals surface area contributed by atoms with Crippen molar-refractivity contribution >= 4 is 115 Å². The lowest BCUT2D eigenvalue weighted by Gasteiger charge is -2.19. The predicted molar refractivity (Wildman–Crippen MR) is 230 cm³/mol. The maximum atomic E-state index is 12.9. The van der Waals surface area contributed by atoms with Crippen LogP contribution in [-0.2, 0) is 16.0 Å². The number of nitrogens with one attached hydrogen (secondary N) is 4. The molecule has 0 aliphatic carbocycles. The number of halogens is 4. The molecule has 0 saturated carbocycles. The molecule has 0 unspecified atom stereocenters. The number of amides is 2. The van der Waals surface area contributed by atoms with Crippen molar-refractivity contribution in [2.75, 3.05) is 22.1 Å². The average Bonchev–Trinajstić information content (AvgIpc) is 3.17. The number of hydrogen-bond acceptors (Lipinski definition) is 14. The van der Waals surface area contributed by atoms with Crippen LogP contribution in [0.15, 0.2) is 92.8 Å². The van der Waals surface area contributed by atoms with Crippen molar-refractivity contribution in [2.45, 2.75) is 18.8 Å². The molecule has 288 valence electrons. The van der Waals surface area contributed by atoms with Crippen molar-refractivity contribution in [1.82, 2.24) is 10.6 Å². The Hall–Kier alpha value is -5.46. The van der Waals surface area contributed by atoms with Gasteiger partial charge in [-0.3, -0.25) is 9.59 Å². The van der Waals surface area contributed by atoms with E-state index in [0.717, 1.165) is 23.5 Å². The van der Waals surface area contributed by atoms with E-state index in [2.05, 4.69) is 53.4 Å². The zero-order chi connectivity index (χ0) is 40.6. The Kier molecular flexibility index (Phi) is 13.5. The highest BCUT2D eigenvalue weighted by Crippen LogP contribution is 2.33. The minimum absolute atomic E-state index is 0.0217. The van der Waals surface area contributed by atoms with Crippen molar-refractivity contribution in [2.24, 2.45) is 31.4 Å². The monoisotopic (exact) mass is 876 g/mol. The minimum atomic E-state index is -0.707. The molecule has 6 rings (SSSR count). The van der Waals surface area contributed by atoms with Gasteiger partial charge in [-0.2, -0.15) is 10.5 Å².